The number of imide groups is 1. The van der Waals surface area contributed by atoms with Gasteiger partial charge >= 0.3 is 5.97 Å². The van der Waals surface area contributed by atoms with Gasteiger partial charge in [-0.3, -0.25) is 14.5 Å². The third-order valence-electron chi connectivity index (χ3n) is 5.91. The highest BCUT2D eigenvalue weighted by molar-refractivity contribution is 6.21. The van der Waals surface area contributed by atoms with E-state index in [2.05, 4.69) is 10.1 Å². The van der Waals surface area contributed by atoms with Crippen molar-refractivity contribution < 1.29 is 23.9 Å². The van der Waals surface area contributed by atoms with E-state index in [0.717, 1.165) is 31.2 Å². The van der Waals surface area contributed by atoms with Gasteiger partial charge in [0.25, 0.3) is 11.8 Å². The van der Waals surface area contributed by atoms with Crippen LogP contribution in [-0.2, 0) is 16.1 Å². The standard InChI is InChI=1S/C24H26N2O5/c1-30-22(27)15-31-19-9-4-6-16(12-19)14-25-17-7-5-8-18(13-17)26-23(28)20-10-2-3-11-21(20)24(26)29/h2-4,6,9-12,17-18,25H,5,7-8,13-15H2,1H3/t17-,18-/m0/s1. The second kappa shape index (κ2) is 9.31. The number of rotatable bonds is 7. The average molecular weight is 422 g/mol. The van der Waals surface area contributed by atoms with Crippen LogP contribution in [0.4, 0.5) is 0 Å². The Balaban J connectivity index is 1.35. The Morgan fingerprint density at radius 1 is 1.06 bits per heavy atom. The predicted octanol–water partition coefficient (Wildman–Crippen LogP) is 2.94. The zero-order chi connectivity index (χ0) is 21.8. The van der Waals surface area contributed by atoms with E-state index in [4.69, 9.17) is 4.74 Å². The first-order valence-electron chi connectivity index (χ1n) is 10.6. The summed E-state index contributed by atoms with van der Waals surface area (Å²) in [6.07, 6.45) is 3.53. The number of benzene rings is 2. The largest absolute Gasteiger partial charge is 0.482 e. The number of carbonyl (C=O) groups excluding carboxylic acids is 3. The monoisotopic (exact) mass is 422 g/mol. The summed E-state index contributed by atoms with van der Waals surface area (Å²) in [4.78, 5) is 38.3. The zero-order valence-electron chi connectivity index (χ0n) is 17.5. The van der Waals surface area contributed by atoms with Crippen LogP contribution in [0.15, 0.2) is 48.5 Å². The van der Waals surface area contributed by atoms with Gasteiger partial charge in [-0.05, 0) is 55.5 Å². The Labute approximate surface area is 181 Å². The van der Waals surface area contributed by atoms with Gasteiger partial charge in [0.05, 0.1) is 18.2 Å². The Morgan fingerprint density at radius 2 is 1.81 bits per heavy atom. The SMILES string of the molecule is COC(=O)COc1cccc(CN[C@H]2CCC[C@H](N3C(=O)c4ccccc4C3=O)C2)c1. The quantitative estimate of drug-likeness (QED) is 0.546. The molecule has 31 heavy (non-hydrogen) atoms. The van der Waals surface area contributed by atoms with E-state index in [1.54, 1.807) is 30.3 Å². The van der Waals surface area contributed by atoms with Crippen LogP contribution in [-0.4, -0.2) is 48.5 Å². The van der Waals surface area contributed by atoms with Crippen molar-refractivity contribution in [2.75, 3.05) is 13.7 Å². The van der Waals surface area contributed by atoms with Crippen molar-refractivity contribution in [1.82, 2.24) is 10.2 Å². The molecule has 4 rings (SSSR count). The van der Waals surface area contributed by atoms with E-state index in [1.807, 2.05) is 18.2 Å². The number of hydrogen-bond acceptors (Lipinski definition) is 6. The summed E-state index contributed by atoms with van der Waals surface area (Å²) in [6, 6.07) is 14.7. The maximum absolute atomic E-state index is 12.8. The number of methoxy groups -OCH3 is 1. The first-order chi connectivity index (χ1) is 15.1. The van der Waals surface area contributed by atoms with E-state index < -0.39 is 5.97 Å². The van der Waals surface area contributed by atoms with Gasteiger partial charge in [0.1, 0.15) is 5.75 Å². The topological polar surface area (TPSA) is 84.9 Å². The summed E-state index contributed by atoms with van der Waals surface area (Å²) in [5.74, 6) is -0.175. The minimum Gasteiger partial charge on any atom is -0.482 e. The molecule has 1 aliphatic carbocycles. The van der Waals surface area contributed by atoms with Gasteiger partial charge in [-0.25, -0.2) is 4.79 Å². The first kappa shape index (κ1) is 21.1. The summed E-state index contributed by atoms with van der Waals surface area (Å²) in [6.45, 7) is 0.507. The lowest BCUT2D eigenvalue weighted by Crippen LogP contribution is -2.46. The molecule has 2 aromatic rings. The number of carbonyl (C=O) groups is 3. The van der Waals surface area contributed by atoms with E-state index in [9.17, 15) is 14.4 Å². The fourth-order valence-electron chi connectivity index (χ4n) is 4.33. The van der Waals surface area contributed by atoms with Gasteiger partial charge < -0.3 is 14.8 Å². The molecule has 0 aromatic heterocycles. The average Bonchev–Trinajstić information content (AvgIpc) is 3.06. The summed E-state index contributed by atoms with van der Waals surface area (Å²) in [5.41, 5.74) is 2.04. The fraction of sp³-hybridized carbons (Fsp3) is 0.375. The van der Waals surface area contributed by atoms with Gasteiger partial charge in [-0.2, -0.15) is 0 Å². The molecule has 0 radical (unpaired) electrons. The Bertz CT molecular complexity index is 954. The fourth-order valence-corrected chi connectivity index (χ4v) is 4.33. The lowest BCUT2D eigenvalue weighted by Gasteiger charge is -2.34. The molecule has 1 aliphatic heterocycles. The maximum Gasteiger partial charge on any atom is 0.343 e. The molecule has 2 aliphatic rings. The molecule has 1 fully saturated rings. The minimum atomic E-state index is -0.426. The molecule has 1 N–H and O–H groups in total. The van der Waals surface area contributed by atoms with Crippen molar-refractivity contribution in [2.24, 2.45) is 0 Å². The second-order valence-electron chi connectivity index (χ2n) is 7.94. The van der Waals surface area contributed by atoms with Crippen molar-refractivity contribution >= 4 is 17.8 Å². The van der Waals surface area contributed by atoms with Crippen LogP contribution in [0.25, 0.3) is 0 Å². The van der Waals surface area contributed by atoms with E-state index in [1.165, 1.54) is 12.0 Å². The lowest BCUT2D eigenvalue weighted by molar-refractivity contribution is -0.142. The molecular weight excluding hydrogens is 396 g/mol. The Morgan fingerprint density at radius 3 is 2.52 bits per heavy atom. The molecule has 2 aromatic carbocycles. The van der Waals surface area contributed by atoms with Gasteiger partial charge in [0.2, 0.25) is 0 Å². The van der Waals surface area contributed by atoms with Crippen molar-refractivity contribution in [3.63, 3.8) is 0 Å². The summed E-state index contributed by atoms with van der Waals surface area (Å²) >= 11 is 0. The molecule has 1 saturated carbocycles. The minimum absolute atomic E-state index is 0.0895. The molecule has 2 atom stereocenters. The van der Waals surface area contributed by atoms with Crippen LogP contribution in [0.2, 0.25) is 0 Å². The van der Waals surface area contributed by atoms with Crippen molar-refractivity contribution in [2.45, 2.75) is 44.3 Å². The van der Waals surface area contributed by atoms with Crippen molar-refractivity contribution in [3.05, 3.63) is 65.2 Å². The molecule has 7 heteroatoms. The molecule has 0 unspecified atom stereocenters. The highest BCUT2D eigenvalue weighted by atomic mass is 16.6. The third kappa shape index (κ3) is 4.61. The smallest absolute Gasteiger partial charge is 0.343 e. The van der Waals surface area contributed by atoms with Gasteiger partial charge in [-0.15, -0.1) is 0 Å². The molecular formula is C24H26N2O5. The van der Waals surface area contributed by atoms with Gasteiger partial charge in [0.15, 0.2) is 6.61 Å². The van der Waals surface area contributed by atoms with Gasteiger partial charge in [-0.1, -0.05) is 24.3 Å². The number of esters is 1. The molecule has 0 spiro atoms. The number of ether oxygens (including phenoxy) is 2. The number of fused-ring (bicyclic) bond motifs is 1. The van der Waals surface area contributed by atoms with Gasteiger partial charge in [0, 0.05) is 18.6 Å². The second-order valence-corrected chi connectivity index (χ2v) is 7.94. The normalized spacial score (nSPS) is 20.5. The molecule has 2 amide bonds. The van der Waals surface area contributed by atoms with Crippen LogP contribution in [0.3, 0.4) is 0 Å². The van der Waals surface area contributed by atoms with Crippen LogP contribution in [0.5, 0.6) is 5.75 Å². The molecule has 0 saturated heterocycles. The summed E-state index contributed by atoms with van der Waals surface area (Å²) in [5, 5.41) is 3.55. The first-order valence-corrected chi connectivity index (χ1v) is 10.6. The van der Waals surface area contributed by atoms with Crippen LogP contribution in [0.1, 0.15) is 52.0 Å². The zero-order valence-corrected chi connectivity index (χ0v) is 17.5. The van der Waals surface area contributed by atoms with E-state index in [0.29, 0.717) is 23.4 Å². The number of nitrogens with zero attached hydrogens (tertiary/aromatic N) is 1. The third-order valence-corrected chi connectivity index (χ3v) is 5.91. The molecule has 0 bridgehead atoms. The number of amides is 2. The van der Waals surface area contributed by atoms with Crippen LogP contribution in [0, 0.1) is 0 Å². The molecule has 1 heterocycles. The molecule has 7 nitrogen and oxygen atoms in total. The van der Waals surface area contributed by atoms with Crippen molar-refractivity contribution in [1.29, 1.82) is 0 Å². The highest BCUT2D eigenvalue weighted by Gasteiger charge is 2.41. The Hall–Kier alpha value is -3.19. The lowest BCUT2D eigenvalue weighted by atomic mass is 9.89. The predicted molar refractivity (Wildman–Crippen MR) is 114 cm³/mol. The van der Waals surface area contributed by atoms with Crippen molar-refractivity contribution in [3.8, 4) is 5.75 Å². The number of nitrogens with one attached hydrogen (secondary N) is 1. The summed E-state index contributed by atoms with van der Waals surface area (Å²) in [7, 11) is 1.32. The van der Waals surface area contributed by atoms with E-state index >= 15 is 0 Å². The number of hydrogen-bond donors (Lipinski definition) is 1. The van der Waals surface area contributed by atoms with Crippen LogP contribution < -0.4 is 10.1 Å². The molecule has 162 valence electrons. The highest BCUT2D eigenvalue weighted by Crippen LogP contribution is 2.31. The maximum atomic E-state index is 12.8. The van der Waals surface area contributed by atoms with E-state index in [-0.39, 0.29) is 30.5 Å². The summed E-state index contributed by atoms with van der Waals surface area (Å²) < 4.78 is 10.0. The van der Waals surface area contributed by atoms with Crippen LogP contribution >= 0.6 is 0 Å². The Kier molecular flexibility index (Phi) is 6.32.